The third kappa shape index (κ3) is 6.36. The quantitative estimate of drug-likeness (QED) is 0.280. The summed E-state index contributed by atoms with van der Waals surface area (Å²) in [7, 11) is 1.63. The fourth-order valence-corrected chi connectivity index (χ4v) is 2.51. The van der Waals surface area contributed by atoms with Gasteiger partial charge in [-0.25, -0.2) is 0 Å². The molecular formula is C14H25BrO4. The molecule has 0 radical (unpaired) electrons. The van der Waals surface area contributed by atoms with Gasteiger partial charge in [-0.1, -0.05) is 27.6 Å². The molecule has 0 aliphatic heterocycles. The molecule has 0 fully saturated rings. The SMILES string of the molecule is CCOC(CBr)O[C@@H]1C=C(C)CC[C@H]1COCOC. The lowest BCUT2D eigenvalue weighted by Gasteiger charge is -2.31. The van der Waals surface area contributed by atoms with Gasteiger partial charge in [0.15, 0.2) is 6.29 Å². The molecule has 0 N–H and O–H groups in total. The minimum absolute atomic E-state index is 0.0553. The molecule has 1 rings (SSSR count). The first-order chi connectivity index (χ1) is 9.21. The van der Waals surface area contributed by atoms with Crippen molar-refractivity contribution in [3.8, 4) is 0 Å². The van der Waals surface area contributed by atoms with Crippen molar-refractivity contribution in [3.05, 3.63) is 11.6 Å². The van der Waals surface area contributed by atoms with E-state index in [9.17, 15) is 0 Å². The Morgan fingerprint density at radius 2 is 2.26 bits per heavy atom. The van der Waals surface area contributed by atoms with E-state index in [1.54, 1.807) is 7.11 Å². The zero-order valence-electron chi connectivity index (χ0n) is 12.1. The van der Waals surface area contributed by atoms with Crippen LogP contribution in [0.15, 0.2) is 11.6 Å². The Morgan fingerprint density at radius 1 is 1.47 bits per heavy atom. The minimum atomic E-state index is -0.206. The van der Waals surface area contributed by atoms with Crippen molar-refractivity contribution in [1.29, 1.82) is 0 Å². The number of hydrogen-bond donors (Lipinski definition) is 0. The number of ether oxygens (including phenoxy) is 4. The van der Waals surface area contributed by atoms with Crippen LogP contribution in [0.4, 0.5) is 0 Å². The van der Waals surface area contributed by atoms with Crippen LogP contribution in [0.5, 0.6) is 0 Å². The Balaban J connectivity index is 2.53. The van der Waals surface area contributed by atoms with E-state index in [2.05, 4.69) is 28.9 Å². The maximum atomic E-state index is 6.03. The minimum Gasteiger partial charge on any atom is -0.359 e. The van der Waals surface area contributed by atoms with Crippen LogP contribution in [-0.2, 0) is 18.9 Å². The van der Waals surface area contributed by atoms with Crippen LogP contribution < -0.4 is 0 Å². The number of halogens is 1. The third-order valence-corrected chi connectivity index (χ3v) is 3.67. The molecule has 0 aromatic heterocycles. The highest BCUT2D eigenvalue weighted by atomic mass is 79.9. The first-order valence-corrected chi connectivity index (χ1v) is 7.90. The van der Waals surface area contributed by atoms with Crippen molar-refractivity contribution in [2.24, 2.45) is 5.92 Å². The Morgan fingerprint density at radius 3 is 2.89 bits per heavy atom. The maximum absolute atomic E-state index is 6.03. The second kappa shape index (κ2) is 9.88. The lowest BCUT2D eigenvalue weighted by molar-refractivity contribution is -0.164. The maximum Gasteiger partial charge on any atom is 0.167 e. The summed E-state index contributed by atoms with van der Waals surface area (Å²) in [5, 5.41) is 0.676. The van der Waals surface area contributed by atoms with E-state index in [0.29, 0.717) is 31.3 Å². The average molecular weight is 337 g/mol. The van der Waals surface area contributed by atoms with Gasteiger partial charge in [-0.15, -0.1) is 0 Å². The van der Waals surface area contributed by atoms with Crippen LogP contribution in [0.1, 0.15) is 26.7 Å². The smallest absolute Gasteiger partial charge is 0.167 e. The number of methoxy groups -OCH3 is 1. The molecule has 0 saturated carbocycles. The summed E-state index contributed by atoms with van der Waals surface area (Å²) in [5.74, 6) is 0.362. The summed E-state index contributed by atoms with van der Waals surface area (Å²) in [6.45, 7) is 5.76. The van der Waals surface area contributed by atoms with E-state index in [-0.39, 0.29) is 12.4 Å². The predicted molar refractivity (Wildman–Crippen MR) is 78.4 cm³/mol. The van der Waals surface area contributed by atoms with Crippen molar-refractivity contribution in [2.45, 2.75) is 39.1 Å². The Labute approximate surface area is 124 Å². The first kappa shape index (κ1) is 17.1. The summed E-state index contributed by atoms with van der Waals surface area (Å²) in [6.07, 6.45) is 4.23. The van der Waals surface area contributed by atoms with Crippen molar-refractivity contribution in [1.82, 2.24) is 0 Å². The summed E-state index contributed by atoms with van der Waals surface area (Å²) in [6, 6.07) is 0. The van der Waals surface area contributed by atoms with Crippen molar-refractivity contribution < 1.29 is 18.9 Å². The van der Waals surface area contributed by atoms with Gasteiger partial charge in [-0.2, -0.15) is 0 Å². The van der Waals surface area contributed by atoms with Crippen LogP contribution in [0.3, 0.4) is 0 Å². The van der Waals surface area contributed by atoms with Gasteiger partial charge in [0, 0.05) is 19.6 Å². The fraction of sp³-hybridized carbons (Fsp3) is 0.857. The van der Waals surface area contributed by atoms with Crippen molar-refractivity contribution in [2.75, 3.05) is 32.4 Å². The molecule has 4 nitrogen and oxygen atoms in total. The van der Waals surface area contributed by atoms with Gasteiger partial charge in [0.1, 0.15) is 6.79 Å². The predicted octanol–water partition coefficient (Wildman–Crippen LogP) is 3.11. The van der Waals surface area contributed by atoms with Gasteiger partial charge in [-0.05, 0) is 26.7 Å². The van der Waals surface area contributed by atoms with Gasteiger partial charge < -0.3 is 18.9 Å². The van der Waals surface area contributed by atoms with Crippen LogP contribution in [0.25, 0.3) is 0 Å². The largest absolute Gasteiger partial charge is 0.359 e. The van der Waals surface area contributed by atoms with Gasteiger partial charge in [0.25, 0.3) is 0 Å². The molecule has 0 heterocycles. The Bertz CT molecular complexity index is 270. The molecule has 1 aliphatic carbocycles. The standard InChI is InChI=1S/C14H25BrO4/c1-4-18-14(8-15)19-13-7-11(2)5-6-12(13)9-17-10-16-3/h7,12-14H,4-6,8-10H2,1-3H3/t12-,13+,14?/m0/s1. The van der Waals surface area contributed by atoms with E-state index in [4.69, 9.17) is 18.9 Å². The monoisotopic (exact) mass is 336 g/mol. The van der Waals surface area contributed by atoms with E-state index < -0.39 is 0 Å². The van der Waals surface area contributed by atoms with E-state index >= 15 is 0 Å². The van der Waals surface area contributed by atoms with Crippen LogP contribution in [0, 0.1) is 5.92 Å². The summed E-state index contributed by atoms with van der Waals surface area (Å²) < 4.78 is 22.0. The van der Waals surface area contributed by atoms with Crippen LogP contribution in [-0.4, -0.2) is 44.8 Å². The van der Waals surface area contributed by atoms with Crippen molar-refractivity contribution in [3.63, 3.8) is 0 Å². The highest BCUT2D eigenvalue weighted by molar-refractivity contribution is 9.09. The zero-order valence-corrected chi connectivity index (χ0v) is 13.6. The first-order valence-electron chi connectivity index (χ1n) is 6.78. The normalized spacial score (nSPS) is 25.2. The number of hydrogen-bond acceptors (Lipinski definition) is 4. The Hall–Kier alpha value is 0.0600. The molecule has 0 aromatic carbocycles. The third-order valence-electron chi connectivity index (χ3n) is 3.14. The van der Waals surface area contributed by atoms with Crippen LogP contribution >= 0.6 is 15.9 Å². The average Bonchev–Trinajstić information content (AvgIpc) is 2.41. The molecule has 1 unspecified atom stereocenters. The lowest BCUT2D eigenvalue weighted by atomic mass is 9.88. The Kier molecular flexibility index (Phi) is 8.90. The van der Waals surface area contributed by atoms with E-state index in [1.807, 2.05) is 6.92 Å². The van der Waals surface area contributed by atoms with Gasteiger partial charge in [-0.3, -0.25) is 0 Å². The molecule has 5 heteroatoms. The molecule has 0 amide bonds. The highest BCUT2D eigenvalue weighted by Crippen LogP contribution is 2.27. The molecule has 0 spiro atoms. The highest BCUT2D eigenvalue weighted by Gasteiger charge is 2.27. The second-order valence-corrected chi connectivity index (χ2v) is 5.38. The summed E-state index contributed by atoms with van der Waals surface area (Å²) >= 11 is 3.42. The lowest BCUT2D eigenvalue weighted by Crippen LogP contribution is -2.34. The summed E-state index contributed by atoms with van der Waals surface area (Å²) in [4.78, 5) is 0. The van der Waals surface area contributed by atoms with Gasteiger partial charge in [0.05, 0.1) is 18.0 Å². The topological polar surface area (TPSA) is 36.9 Å². The molecular weight excluding hydrogens is 312 g/mol. The molecule has 0 bridgehead atoms. The van der Waals surface area contributed by atoms with E-state index in [1.165, 1.54) is 5.57 Å². The number of rotatable bonds is 9. The number of alkyl halides is 1. The molecule has 0 saturated heterocycles. The van der Waals surface area contributed by atoms with Gasteiger partial charge >= 0.3 is 0 Å². The van der Waals surface area contributed by atoms with Gasteiger partial charge in [0.2, 0.25) is 0 Å². The zero-order chi connectivity index (χ0) is 14.1. The van der Waals surface area contributed by atoms with Crippen LogP contribution in [0.2, 0.25) is 0 Å². The number of allylic oxidation sites excluding steroid dienone is 1. The molecule has 0 aromatic rings. The molecule has 1 aliphatic rings. The van der Waals surface area contributed by atoms with E-state index in [0.717, 1.165) is 12.8 Å². The second-order valence-electron chi connectivity index (χ2n) is 4.73. The van der Waals surface area contributed by atoms with Crippen molar-refractivity contribution >= 4 is 15.9 Å². The molecule has 112 valence electrons. The summed E-state index contributed by atoms with van der Waals surface area (Å²) in [5.41, 5.74) is 1.37. The molecule has 19 heavy (non-hydrogen) atoms. The molecule has 3 atom stereocenters. The fourth-order valence-electron chi connectivity index (χ4n) is 2.17.